The van der Waals surface area contributed by atoms with Crippen molar-refractivity contribution in [1.82, 2.24) is 0 Å². The highest BCUT2D eigenvalue weighted by Gasteiger charge is 2.56. The van der Waals surface area contributed by atoms with Crippen molar-refractivity contribution in [2.75, 3.05) is 0 Å². The molecule has 0 amide bonds. The number of ketones is 2. The van der Waals surface area contributed by atoms with Crippen LogP contribution in [0.25, 0.3) is 0 Å². The molecule has 3 saturated carbocycles. The Bertz CT molecular complexity index is 597. The number of carbonyl (C=O) groups is 2. The van der Waals surface area contributed by atoms with Gasteiger partial charge in [-0.1, -0.05) is 37.1 Å². The first-order chi connectivity index (χ1) is 9.95. The molecular weight excluding hydrogens is 260 g/mol. The molecule has 4 aliphatic carbocycles. The molecule has 0 aromatic carbocycles. The van der Waals surface area contributed by atoms with Crippen LogP contribution in [-0.4, -0.2) is 11.6 Å². The minimum absolute atomic E-state index is 0.103. The Labute approximate surface area is 126 Å². The van der Waals surface area contributed by atoms with Crippen molar-refractivity contribution in [2.45, 2.75) is 58.8 Å². The van der Waals surface area contributed by atoms with E-state index in [1.807, 2.05) is 0 Å². The van der Waals surface area contributed by atoms with E-state index in [0.29, 0.717) is 29.8 Å². The van der Waals surface area contributed by atoms with Gasteiger partial charge >= 0.3 is 0 Å². The SMILES string of the molecule is C[C@]12CC[C@H]3C(=CC=C4CC(=O)CC[C@]43C)[C@@H]1CCC2=O. The highest BCUT2D eigenvalue weighted by molar-refractivity contribution is 5.88. The smallest absolute Gasteiger partial charge is 0.139 e. The molecule has 0 bridgehead atoms. The number of hydrogen-bond acceptors (Lipinski definition) is 2. The van der Waals surface area contributed by atoms with Gasteiger partial charge in [-0.05, 0) is 42.9 Å². The predicted molar refractivity (Wildman–Crippen MR) is 81.7 cm³/mol. The van der Waals surface area contributed by atoms with Gasteiger partial charge in [0.05, 0.1) is 0 Å². The Morgan fingerprint density at radius 2 is 1.71 bits per heavy atom. The van der Waals surface area contributed by atoms with Gasteiger partial charge in [0, 0.05) is 24.7 Å². The van der Waals surface area contributed by atoms with Crippen molar-refractivity contribution in [2.24, 2.45) is 22.7 Å². The molecule has 0 radical (unpaired) electrons. The third-order valence-corrected chi connectivity index (χ3v) is 7.11. The fourth-order valence-corrected chi connectivity index (χ4v) is 5.60. The van der Waals surface area contributed by atoms with Crippen LogP contribution < -0.4 is 0 Å². The van der Waals surface area contributed by atoms with Crippen molar-refractivity contribution in [3.05, 3.63) is 23.3 Å². The second kappa shape index (κ2) is 4.18. The van der Waals surface area contributed by atoms with E-state index in [4.69, 9.17) is 0 Å². The largest absolute Gasteiger partial charge is 0.299 e. The molecule has 0 aromatic rings. The molecule has 0 N–H and O–H groups in total. The average Bonchev–Trinajstić information content (AvgIpc) is 2.76. The number of carbonyl (C=O) groups excluding carboxylic acids is 2. The lowest BCUT2D eigenvalue weighted by Crippen LogP contribution is -2.45. The first kappa shape index (κ1) is 13.5. The van der Waals surface area contributed by atoms with Crippen molar-refractivity contribution in [3.63, 3.8) is 0 Å². The molecule has 21 heavy (non-hydrogen) atoms. The Balaban J connectivity index is 1.77. The van der Waals surface area contributed by atoms with Crippen molar-refractivity contribution >= 4 is 11.6 Å². The van der Waals surface area contributed by atoms with Crippen molar-refractivity contribution in [1.29, 1.82) is 0 Å². The van der Waals surface area contributed by atoms with E-state index in [1.54, 1.807) is 0 Å². The summed E-state index contributed by atoms with van der Waals surface area (Å²) in [6, 6.07) is 0. The van der Waals surface area contributed by atoms with Gasteiger partial charge in [-0.25, -0.2) is 0 Å². The van der Waals surface area contributed by atoms with Crippen LogP contribution in [0.2, 0.25) is 0 Å². The maximum absolute atomic E-state index is 12.3. The van der Waals surface area contributed by atoms with Crippen molar-refractivity contribution in [3.8, 4) is 0 Å². The molecule has 2 nitrogen and oxygen atoms in total. The highest BCUT2D eigenvalue weighted by atomic mass is 16.1. The summed E-state index contributed by atoms with van der Waals surface area (Å²) in [4.78, 5) is 24.1. The van der Waals surface area contributed by atoms with Crippen LogP contribution >= 0.6 is 0 Å². The molecule has 0 heterocycles. The van der Waals surface area contributed by atoms with Gasteiger partial charge in [0.25, 0.3) is 0 Å². The van der Waals surface area contributed by atoms with Gasteiger partial charge in [-0.3, -0.25) is 9.59 Å². The molecule has 4 aliphatic rings. The van der Waals surface area contributed by atoms with E-state index in [1.165, 1.54) is 11.1 Å². The molecule has 0 unspecified atom stereocenters. The second-order valence-electron chi connectivity index (χ2n) is 8.01. The third-order valence-electron chi connectivity index (χ3n) is 7.11. The fourth-order valence-electron chi connectivity index (χ4n) is 5.60. The molecule has 4 atom stereocenters. The molecular formula is C19H24O2. The molecule has 0 aromatic heterocycles. The lowest BCUT2D eigenvalue weighted by Gasteiger charge is -2.52. The number of fused-ring (bicyclic) bond motifs is 5. The molecule has 0 saturated heterocycles. The zero-order chi connectivity index (χ0) is 14.8. The monoisotopic (exact) mass is 284 g/mol. The highest BCUT2D eigenvalue weighted by Crippen LogP contribution is 2.62. The zero-order valence-electron chi connectivity index (χ0n) is 13.1. The first-order valence-electron chi connectivity index (χ1n) is 8.41. The van der Waals surface area contributed by atoms with Crippen LogP contribution in [0.1, 0.15) is 58.8 Å². The van der Waals surface area contributed by atoms with E-state index >= 15 is 0 Å². The molecule has 0 spiro atoms. The van der Waals surface area contributed by atoms with Crippen molar-refractivity contribution < 1.29 is 9.59 Å². The Morgan fingerprint density at radius 3 is 2.52 bits per heavy atom. The van der Waals surface area contributed by atoms with Gasteiger partial charge in [0.1, 0.15) is 11.6 Å². The van der Waals surface area contributed by atoms with Crippen LogP contribution in [0.15, 0.2) is 23.3 Å². The summed E-state index contributed by atoms with van der Waals surface area (Å²) in [5.41, 5.74) is 2.94. The van der Waals surface area contributed by atoms with Crippen LogP contribution in [-0.2, 0) is 9.59 Å². The van der Waals surface area contributed by atoms with Gasteiger partial charge in [0.15, 0.2) is 0 Å². The molecule has 112 valence electrons. The second-order valence-corrected chi connectivity index (χ2v) is 8.01. The molecule has 0 aliphatic heterocycles. The Kier molecular flexibility index (Phi) is 2.68. The zero-order valence-corrected chi connectivity index (χ0v) is 13.1. The summed E-state index contributed by atoms with van der Waals surface area (Å²) in [5, 5.41) is 0. The van der Waals surface area contributed by atoms with Gasteiger partial charge in [-0.2, -0.15) is 0 Å². The normalized spacial score (nSPS) is 45.4. The molecule has 4 rings (SSSR count). The quantitative estimate of drug-likeness (QED) is 0.673. The summed E-state index contributed by atoms with van der Waals surface area (Å²) in [7, 11) is 0. The summed E-state index contributed by atoms with van der Waals surface area (Å²) in [6.45, 7) is 4.55. The van der Waals surface area contributed by atoms with E-state index in [0.717, 1.165) is 38.5 Å². The average molecular weight is 284 g/mol. The number of hydrogen-bond donors (Lipinski definition) is 0. The fraction of sp³-hybridized carbons (Fsp3) is 0.684. The van der Waals surface area contributed by atoms with Gasteiger partial charge < -0.3 is 0 Å². The van der Waals surface area contributed by atoms with Crippen LogP contribution in [0, 0.1) is 22.7 Å². The lowest BCUT2D eigenvalue weighted by atomic mass is 9.51. The maximum atomic E-state index is 12.3. The van der Waals surface area contributed by atoms with Gasteiger partial charge in [-0.15, -0.1) is 0 Å². The minimum atomic E-state index is -0.103. The number of allylic oxidation sites excluding steroid dienone is 4. The summed E-state index contributed by atoms with van der Waals surface area (Å²) >= 11 is 0. The number of rotatable bonds is 0. The third kappa shape index (κ3) is 1.65. The lowest BCUT2D eigenvalue weighted by molar-refractivity contribution is -0.127. The topological polar surface area (TPSA) is 34.1 Å². The summed E-state index contributed by atoms with van der Waals surface area (Å²) in [5.74, 6) is 1.89. The summed E-state index contributed by atoms with van der Waals surface area (Å²) in [6.07, 6.45) is 10.8. The van der Waals surface area contributed by atoms with E-state index in [-0.39, 0.29) is 10.8 Å². The Morgan fingerprint density at radius 1 is 0.952 bits per heavy atom. The first-order valence-corrected chi connectivity index (χ1v) is 8.41. The molecule has 2 heteroatoms. The maximum Gasteiger partial charge on any atom is 0.139 e. The van der Waals surface area contributed by atoms with Crippen LogP contribution in [0.3, 0.4) is 0 Å². The van der Waals surface area contributed by atoms with E-state index in [2.05, 4.69) is 26.0 Å². The standard InChI is InChI=1S/C19H24O2/c1-18-9-7-13(20)11-12(18)3-4-14-15-5-6-17(21)19(15,2)10-8-16(14)18/h3-4,15-16H,5-11H2,1-2H3/t15-,16-,18+,19-/m0/s1. The molecule has 3 fully saturated rings. The Hall–Kier alpha value is -1.18. The minimum Gasteiger partial charge on any atom is -0.299 e. The van der Waals surface area contributed by atoms with E-state index in [9.17, 15) is 9.59 Å². The summed E-state index contributed by atoms with van der Waals surface area (Å²) < 4.78 is 0. The van der Waals surface area contributed by atoms with E-state index < -0.39 is 0 Å². The predicted octanol–water partition coefficient (Wildman–Crippen LogP) is 4.01. The van der Waals surface area contributed by atoms with Crippen LogP contribution in [0.4, 0.5) is 0 Å². The van der Waals surface area contributed by atoms with Crippen LogP contribution in [0.5, 0.6) is 0 Å². The van der Waals surface area contributed by atoms with Gasteiger partial charge in [0.2, 0.25) is 0 Å². The number of Topliss-reactive ketones (excluding diaryl/α,β-unsaturated/α-hetero) is 2.